The average Bonchev–Trinajstić information content (AvgIpc) is 2.72. The Morgan fingerprint density at radius 2 is 1.67 bits per heavy atom. The lowest BCUT2D eigenvalue weighted by Crippen LogP contribution is -2.52. The van der Waals surface area contributed by atoms with Gasteiger partial charge in [-0.1, -0.05) is 36.4 Å². The Balaban J connectivity index is 1.49. The normalized spacial score (nSPS) is 15.4. The zero-order chi connectivity index (χ0) is 19.2. The molecular weight excluding hydrogens is 344 g/mol. The van der Waals surface area contributed by atoms with Crippen molar-refractivity contribution in [1.29, 1.82) is 0 Å². The van der Waals surface area contributed by atoms with Crippen LogP contribution in [0.4, 0.5) is 0 Å². The summed E-state index contributed by atoms with van der Waals surface area (Å²) in [4.78, 5) is 28.5. The fourth-order valence-corrected chi connectivity index (χ4v) is 3.08. The van der Waals surface area contributed by atoms with Crippen LogP contribution in [0.25, 0.3) is 0 Å². The molecule has 3 rings (SSSR count). The van der Waals surface area contributed by atoms with E-state index in [9.17, 15) is 14.7 Å². The molecule has 2 aromatic carbocycles. The maximum Gasteiger partial charge on any atom is 0.254 e. The standard InChI is InChI=1S/C21H24N2O4/c1-16(27-15-17-6-3-2-4-7-17)20(25)22-10-12-23(13-11-22)21(26)18-8-5-9-19(24)14-18/h2-9,14,16,24H,10-13,15H2,1H3. The minimum atomic E-state index is -0.529. The summed E-state index contributed by atoms with van der Waals surface area (Å²) in [6, 6.07) is 16.1. The predicted octanol–water partition coefficient (Wildman–Crippen LogP) is 2.28. The first kappa shape index (κ1) is 18.9. The van der Waals surface area contributed by atoms with E-state index in [0.717, 1.165) is 5.56 Å². The summed E-state index contributed by atoms with van der Waals surface area (Å²) in [5.74, 6) is -0.124. The first-order chi connectivity index (χ1) is 13.0. The summed E-state index contributed by atoms with van der Waals surface area (Å²) in [7, 11) is 0. The predicted molar refractivity (Wildman–Crippen MR) is 101 cm³/mol. The molecule has 0 spiro atoms. The zero-order valence-electron chi connectivity index (χ0n) is 15.4. The maximum atomic E-state index is 12.6. The van der Waals surface area contributed by atoms with Gasteiger partial charge in [-0.15, -0.1) is 0 Å². The summed E-state index contributed by atoms with van der Waals surface area (Å²) in [5.41, 5.74) is 1.48. The fourth-order valence-electron chi connectivity index (χ4n) is 3.08. The van der Waals surface area contributed by atoms with Crippen LogP contribution in [-0.2, 0) is 16.1 Å². The third-order valence-corrected chi connectivity index (χ3v) is 4.66. The largest absolute Gasteiger partial charge is 0.508 e. The number of carbonyl (C=O) groups excluding carboxylic acids is 2. The lowest BCUT2D eigenvalue weighted by atomic mass is 10.1. The highest BCUT2D eigenvalue weighted by Gasteiger charge is 2.27. The van der Waals surface area contributed by atoms with Crippen LogP contribution in [0.1, 0.15) is 22.8 Å². The molecule has 1 heterocycles. The molecule has 6 nitrogen and oxygen atoms in total. The van der Waals surface area contributed by atoms with Gasteiger partial charge in [-0.25, -0.2) is 0 Å². The highest BCUT2D eigenvalue weighted by molar-refractivity contribution is 5.94. The molecule has 1 N–H and O–H groups in total. The first-order valence-electron chi connectivity index (χ1n) is 9.07. The topological polar surface area (TPSA) is 70.1 Å². The maximum absolute atomic E-state index is 12.6. The summed E-state index contributed by atoms with van der Waals surface area (Å²) < 4.78 is 5.70. The highest BCUT2D eigenvalue weighted by atomic mass is 16.5. The van der Waals surface area contributed by atoms with Gasteiger partial charge in [-0.2, -0.15) is 0 Å². The molecule has 0 aromatic heterocycles. The van der Waals surface area contributed by atoms with Crippen molar-refractivity contribution in [2.75, 3.05) is 26.2 Å². The van der Waals surface area contributed by atoms with Gasteiger partial charge >= 0.3 is 0 Å². The van der Waals surface area contributed by atoms with Crippen LogP contribution < -0.4 is 0 Å². The highest BCUT2D eigenvalue weighted by Crippen LogP contribution is 2.15. The number of rotatable bonds is 5. The van der Waals surface area contributed by atoms with Gasteiger partial charge in [-0.05, 0) is 30.7 Å². The molecule has 1 aliphatic rings. The molecule has 2 amide bonds. The van der Waals surface area contributed by atoms with Crippen LogP contribution in [0.2, 0.25) is 0 Å². The van der Waals surface area contributed by atoms with Crippen molar-refractivity contribution >= 4 is 11.8 Å². The fraction of sp³-hybridized carbons (Fsp3) is 0.333. The molecule has 0 saturated carbocycles. The van der Waals surface area contributed by atoms with Crippen LogP contribution in [0.15, 0.2) is 54.6 Å². The van der Waals surface area contributed by atoms with Crippen LogP contribution in [-0.4, -0.2) is 59.0 Å². The number of amides is 2. The van der Waals surface area contributed by atoms with E-state index in [1.165, 1.54) is 12.1 Å². The molecule has 1 unspecified atom stereocenters. The zero-order valence-corrected chi connectivity index (χ0v) is 15.4. The lowest BCUT2D eigenvalue weighted by molar-refractivity contribution is -0.144. The van der Waals surface area contributed by atoms with Crippen molar-refractivity contribution < 1.29 is 19.4 Å². The van der Waals surface area contributed by atoms with Gasteiger partial charge in [0.05, 0.1) is 6.61 Å². The number of phenolic OH excluding ortho intramolecular Hbond substituents is 1. The van der Waals surface area contributed by atoms with Crippen LogP contribution >= 0.6 is 0 Å². The van der Waals surface area contributed by atoms with E-state index in [1.54, 1.807) is 28.9 Å². The molecule has 1 fully saturated rings. The molecule has 1 atom stereocenters. The second kappa shape index (κ2) is 8.68. The quantitative estimate of drug-likeness (QED) is 0.879. The van der Waals surface area contributed by atoms with E-state index < -0.39 is 6.10 Å². The second-order valence-corrected chi connectivity index (χ2v) is 6.61. The minimum absolute atomic E-state index is 0.0598. The number of nitrogens with zero attached hydrogens (tertiary/aromatic N) is 2. The molecule has 27 heavy (non-hydrogen) atoms. The monoisotopic (exact) mass is 368 g/mol. The van der Waals surface area contributed by atoms with Gasteiger partial charge in [-0.3, -0.25) is 9.59 Å². The smallest absolute Gasteiger partial charge is 0.254 e. The Labute approximate surface area is 159 Å². The molecule has 142 valence electrons. The number of phenols is 1. The summed E-state index contributed by atoms with van der Waals surface area (Å²) in [6.45, 7) is 4.03. The molecule has 6 heteroatoms. The van der Waals surface area contributed by atoms with E-state index in [4.69, 9.17) is 4.74 Å². The van der Waals surface area contributed by atoms with E-state index in [0.29, 0.717) is 38.3 Å². The summed E-state index contributed by atoms with van der Waals surface area (Å²) in [6.07, 6.45) is -0.529. The van der Waals surface area contributed by atoms with Gasteiger partial charge in [0.2, 0.25) is 0 Å². The van der Waals surface area contributed by atoms with Crippen LogP contribution in [0.3, 0.4) is 0 Å². The minimum Gasteiger partial charge on any atom is -0.508 e. The molecule has 0 radical (unpaired) electrons. The number of aromatic hydroxyl groups is 1. The Kier molecular flexibility index (Phi) is 6.08. The van der Waals surface area contributed by atoms with Gasteiger partial charge in [0.1, 0.15) is 11.9 Å². The Morgan fingerprint density at radius 3 is 2.33 bits per heavy atom. The van der Waals surface area contributed by atoms with Crippen molar-refractivity contribution in [3.63, 3.8) is 0 Å². The first-order valence-corrected chi connectivity index (χ1v) is 9.07. The van der Waals surface area contributed by atoms with Crippen molar-refractivity contribution in [1.82, 2.24) is 9.80 Å². The van der Waals surface area contributed by atoms with E-state index in [1.807, 2.05) is 30.3 Å². The molecule has 1 aliphatic heterocycles. The molecule has 1 saturated heterocycles. The van der Waals surface area contributed by atoms with Crippen molar-refractivity contribution in [2.45, 2.75) is 19.6 Å². The number of piperazine rings is 1. The molecule has 0 aliphatic carbocycles. The van der Waals surface area contributed by atoms with Gasteiger partial charge in [0.15, 0.2) is 0 Å². The van der Waals surface area contributed by atoms with Crippen molar-refractivity contribution in [2.24, 2.45) is 0 Å². The van der Waals surface area contributed by atoms with E-state index >= 15 is 0 Å². The number of benzene rings is 2. The van der Waals surface area contributed by atoms with E-state index in [-0.39, 0.29) is 17.6 Å². The summed E-state index contributed by atoms with van der Waals surface area (Å²) in [5, 5.41) is 9.53. The number of ether oxygens (including phenoxy) is 1. The van der Waals surface area contributed by atoms with Crippen LogP contribution in [0, 0.1) is 0 Å². The third kappa shape index (κ3) is 4.86. The Morgan fingerprint density at radius 1 is 1.00 bits per heavy atom. The van der Waals surface area contributed by atoms with E-state index in [2.05, 4.69) is 0 Å². The van der Waals surface area contributed by atoms with Gasteiger partial charge in [0, 0.05) is 31.7 Å². The average molecular weight is 368 g/mol. The van der Waals surface area contributed by atoms with Crippen LogP contribution in [0.5, 0.6) is 5.75 Å². The summed E-state index contributed by atoms with van der Waals surface area (Å²) >= 11 is 0. The van der Waals surface area contributed by atoms with Gasteiger partial charge in [0.25, 0.3) is 11.8 Å². The van der Waals surface area contributed by atoms with Crippen molar-refractivity contribution in [3.8, 4) is 5.75 Å². The third-order valence-electron chi connectivity index (χ3n) is 4.66. The Bertz CT molecular complexity index is 786. The molecule has 0 bridgehead atoms. The van der Waals surface area contributed by atoms with Crippen molar-refractivity contribution in [3.05, 3.63) is 65.7 Å². The number of hydrogen-bond acceptors (Lipinski definition) is 4. The molecular formula is C21H24N2O4. The SMILES string of the molecule is CC(OCc1ccccc1)C(=O)N1CCN(C(=O)c2cccc(O)c2)CC1. The number of hydrogen-bond donors (Lipinski definition) is 1. The Hall–Kier alpha value is -2.86. The second-order valence-electron chi connectivity index (χ2n) is 6.61. The molecule has 2 aromatic rings. The van der Waals surface area contributed by atoms with Gasteiger partial charge < -0.3 is 19.6 Å². The number of carbonyl (C=O) groups is 2. The lowest BCUT2D eigenvalue weighted by Gasteiger charge is -2.36.